The second kappa shape index (κ2) is 8.97. The summed E-state index contributed by atoms with van der Waals surface area (Å²) in [7, 11) is 0. The molecule has 3 heteroatoms. The zero-order chi connectivity index (χ0) is 9.23. The van der Waals surface area contributed by atoms with Gasteiger partial charge in [-0.15, -0.1) is 0 Å². The van der Waals surface area contributed by atoms with Crippen LogP contribution in [0.3, 0.4) is 0 Å². The standard InChI is InChI=1S/C9H20O3/c1-3-5-7-11-8-12-9(10)6-4-2/h9-10H,3-8H2,1-2H3. The monoisotopic (exact) mass is 176 g/mol. The van der Waals surface area contributed by atoms with Crippen molar-refractivity contribution in [2.45, 2.75) is 45.8 Å². The quantitative estimate of drug-likeness (QED) is 0.453. The Labute approximate surface area is 74.7 Å². The summed E-state index contributed by atoms with van der Waals surface area (Å²) in [6, 6.07) is 0. The fourth-order valence-electron chi connectivity index (χ4n) is 0.762. The van der Waals surface area contributed by atoms with E-state index in [0.717, 1.165) is 25.9 Å². The number of hydrogen-bond donors (Lipinski definition) is 1. The average molecular weight is 176 g/mol. The minimum absolute atomic E-state index is 0.209. The first-order chi connectivity index (χ1) is 5.81. The fourth-order valence-corrected chi connectivity index (χ4v) is 0.762. The molecule has 1 atom stereocenters. The first kappa shape index (κ1) is 11.9. The molecule has 0 saturated carbocycles. The van der Waals surface area contributed by atoms with E-state index >= 15 is 0 Å². The largest absolute Gasteiger partial charge is 0.368 e. The Balaban J connectivity index is 2.97. The topological polar surface area (TPSA) is 38.7 Å². The van der Waals surface area contributed by atoms with Crippen molar-refractivity contribution in [1.29, 1.82) is 0 Å². The van der Waals surface area contributed by atoms with Crippen molar-refractivity contribution < 1.29 is 14.6 Å². The highest BCUT2D eigenvalue weighted by Gasteiger charge is 2.00. The van der Waals surface area contributed by atoms with Crippen LogP contribution in [0.2, 0.25) is 0 Å². The van der Waals surface area contributed by atoms with E-state index in [1.807, 2.05) is 6.92 Å². The van der Waals surface area contributed by atoms with Gasteiger partial charge in [0.25, 0.3) is 0 Å². The van der Waals surface area contributed by atoms with Crippen LogP contribution >= 0.6 is 0 Å². The lowest BCUT2D eigenvalue weighted by Gasteiger charge is -2.10. The number of rotatable bonds is 8. The molecule has 0 aromatic heterocycles. The van der Waals surface area contributed by atoms with Crippen molar-refractivity contribution in [3.8, 4) is 0 Å². The van der Waals surface area contributed by atoms with Crippen LogP contribution in [0.4, 0.5) is 0 Å². The van der Waals surface area contributed by atoms with Crippen molar-refractivity contribution in [2.24, 2.45) is 0 Å². The predicted molar refractivity (Wildman–Crippen MR) is 47.7 cm³/mol. The molecule has 3 nitrogen and oxygen atoms in total. The molecule has 0 amide bonds. The molecular formula is C9H20O3. The summed E-state index contributed by atoms with van der Waals surface area (Å²) in [6.07, 6.45) is 3.12. The highest BCUT2D eigenvalue weighted by atomic mass is 16.7. The average Bonchev–Trinajstić information content (AvgIpc) is 2.05. The fraction of sp³-hybridized carbons (Fsp3) is 1.00. The molecule has 0 bridgehead atoms. The van der Waals surface area contributed by atoms with E-state index in [4.69, 9.17) is 14.6 Å². The lowest BCUT2D eigenvalue weighted by molar-refractivity contribution is -0.171. The number of ether oxygens (including phenoxy) is 2. The van der Waals surface area contributed by atoms with Gasteiger partial charge in [-0.2, -0.15) is 0 Å². The molecule has 0 aromatic rings. The summed E-state index contributed by atoms with van der Waals surface area (Å²) in [5.41, 5.74) is 0. The molecule has 0 aliphatic rings. The summed E-state index contributed by atoms with van der Waals surface area (Å²) in [6.45, 7) is 5.04. The first-order valence-electron chi connectivity index (χ1n) is 4.68. The molecular weight excluding hydrogens is 156 g/mol. The van der Waals surface area contributed by atoms with E-state index in [-0.39, 0.29) is 6.79 Å². The van der Waals surface area contributed by atoms with Crippen LogP contribution in [0.25, 0.3) is 0 Å². The van der Waals surface area contributed by atoms with Gasteiger partial charge < -0.3 is 14.6 Å². The summed E-state index contributed by atoms with van der Waals surface area (Å²) >= 11 is 0. The molecule has 0 aliphatic heterocycles. The molecule has 0 saturated heterocycles. The van der Waals surface area contributed by atoms with Gasteiger partial charge >= 0.3 is 0 Å². The van der Waals surface area contributed by atoms with Crippen LogP contribution in [0, 0.1) is 0 Å². The van der Waals surface area contributed by atoms with E-state index in [1.165, 1.54) is 0 Å². The van der Waals surface area contributed by atoms with Gasteiger partial charge in [-0.3, -0.25) is 0 Å². The van der Waals surface area contributed by atoms with Gasteiger partial charge in [0, 0.05) is 6.61 Å². The highest BCUT2D eigenvalue weighted by Crippen LogP contribution is 1.98. The first-order valence-corrected chi connectivity index (χ1v) is 4.68. The third-order valence-corrected chi connectivity index (χ3v) is 1.52. The maximum atomic E-state index is 9.10. The maximum absolute atomic E-state index is 9.10. The highest BCUT2D eigenvalue weighted by molar-refractivity contribution is 4.36. The Bertz CT molecular complexity index is 85.8. The summed E-state index contributed by atoms with van der Waals surface area (Å²) in [5.74, 6) is 0. The third kappa shape index (κ3) is 7.98. The van der Waals surface area contributed by atoms with Crippen LogP contribution < -0.4 is 0 Å². The molecule has 0 aliphatic carbocycles. The van der Waals surface area contributed by atoms with Gasteiger partial charge in [-0.1, -0.05) is 26.7 Å². The van der Waals surface area contributed by atoms with Crippen molar-refractivity contribution in [2.75, 3.05) is 13.4 Å². The summed E-state index contributed by atoms with van der Waals surface area (Å²) in [5, 5.41) is 9.10. The smallest absolute Gasteiger partial charge is 0.157 e. The van der Waals surface area contributed by atoms with E-state index in [9.17, 15) is 0 Å². The van der Waals surface area contributed by atoms with Crippen molar-refractivity contribution in [1.82, 2.24) is 0 Å². The van der Waals surface area contributed by atoms with Crippen molar-refractivity contribution >= 4 is 0 Å². The Morgan fingerprint density at radius 3 is 2.58 bits per heavy atom. The normalized spacial score (nSPS) is 13.2. The molecule has 1 unspecified atom stereocenters. The minimum atomic E-state index is -0.656. The number of aliphatic hydroxyl groups is 1. The molecule has 0 rings (SSSR count). The van der Waals surface area contributed by atoms with Crippen LogP contribution in [0.5, 0.6) is 0 Å². The Kier molecular flexibility index (Phi) is 8.88. The molecule has 12 heavy (non-hydrogen) atoms. The minimum Gasteiger partial charge on any atom is -0.368 e. The van der Waals surface area contributed by atoms with E-state index in [0.29, 0.717) is 6.42 Å². The Morgan fingerprint density at radius 2 is 2.00 bits per heavy atom. The molecule has 0 heterocycles. The van der Waals surface area contributed by atoms with Crippen molar-refractivity contribution in [3.05, 3.63) is 0 Å². The molecule has 0 aromatic carbocycles. The summed E-state index contributed by atoms with van der Waals surface area (Å²) < 4.78 is 10.1. The van der Waals surface area contributed by atoms with Crippen LogP contribution in [-0.2, 0) is 9.47 Å². The zero-order valence-electron chi connectivity index (χ0n) is 8.08. The van der Waals surface area contributed by atoms with Gasteiger partial charge in [0.05, 0.1) is 0 Å². The Hall–Kier alpha value is -0.120. The molecule has 1 N–H and O–H groups in total. The summed E-state index contributed by atoms with van der Waals surface area (Å²) in [4.78, 5) is 0. The zero-order valence-corrected chi connectivity index (χ0v) is 8.08. The van der Waals surface area contributed by atoms with Gasteiger partial charge in [0.2, 0.25) is 0 Å². The van der Waals surface area contributed by atoms with Gasteiger partial charge in [-0.05, 0) is 12.8 Å². The molecule has 0 fully saturated rings. The molecule has 0 spiro atoms. The second-order valence-corrected chi connectivity index (χ2v) is 2.79. The van der Waals surface area contributed by atoms with E-state index < -0.39 is 6.29 Å². The predicted octanol–water partition coefficient (Wildman–Crippen LogP) is 1.90. The molecule has 74 valence electrons. The second-order valence-electron chi connectivity index (χ2n) is 2.79. The lowest BCUT2D eigenvalue weighted by Crippen LogP contribution is -2.14. The van der Waals surface area contributed by atoms with Crippen LogP contribution in [0.15, 0.2) is 0 Å². The number of aliphatic hydroxyl groups excluding tert-OH is 1. The van der Waals surface area contributed by atoms with Gasteiger partial charge in [-0.25, -0.2) is 0 Å². The van der Waals surface area contributed by atoms with Crippen LogP contribution in [0.1, 0.15) is 39.5 Å². The van der Waals surface area contributed by atoms with Crippen LogP contribution in [-0.4, -0.2) is 24.8 Å². The number of hydrogen-bond acceptors (Lipinski definition) is 3. The van der Waals surface area contributed by atoms with Crippen molar-refractivity contribution in [3.63, 3.8) is 0 Å². The molecule has 0 radical (unpaired) electrons. The van der Waals surface area contributed by atoms with E-state index in [1.54, 1.807) is 0 Å². The van der Waals surface area contributed by atoms with Gasteiger partial charge in [0.15, 0.2) is 6.29 Å². The third-order valence-electron chi connectivity index (χ3n) is 1.52. The SMILES string of the molecule is CCCCOCOC(O)CCC. The van der Waals surface area contributed by atoms with Gasteiger partial charge in [0.1, 0.15) is 6.79 Å². The maximum Gasteiger partial charge on any atom is 0.157 e. The van der Waals surface area contributed by atoms with E-state index in [2.05, 4.69) is 6.92 Å². The Morgan fingerprint density at radius 1 is 1.25 bits per heavy atom. The number of unbranched alkanes of at least 4 members (excludes halogenated alkanes) is 1. The lowest BCUT2D eigenvalue weighted by atomic mass is 10.3.